The topological polar surface area (TPSA) is 27.8 Å². The summed E-state index contributed by atoms with van der Waals surface area (Å²) in [4.78, 5) is 0. The third kappa shape index (κ3) is 2.82. The molecular formula is C25H26N2O2. The molecule has 148 valence electrons. The maximum atomic E-state index is 5.35. The second-order valence-corrected chi connectivity index (χ2v) is 7.71. The minimum Gasteiger partial charge on any atom is -0.497 e. The van der Waals surface area contributed by atoms with E-state index in [1.807, 2.05) is 12.1 Å². The van der Waals surface area contributed by atoms with Crippen LogP contribution in [0, 0.1) is 6.92 Å². The van der Waals surface area contributed by atoms with Crippen LogP contribution in [0.1, 0.15) is 24.1 Å². The molecule has 5 rings (SSSR count). The lowest BCUT2D eigenvalue weighted by Crippen LogP contribution is -1.99. The van der Waals surface area contributed by atoms with E-state index >= 15 is 0 Å². The summed E-state index contributed by atoms with van der Waals surface area (Å²) in [5.74, 6) is 1.79. The Bertz CT molecular complexity index is 1160. The van der Waals surface area contributed by atoms with Crippen LogP contribution in [-0.4, -0.2) is 23.2 Å². The van der Waals surface area contributed by atoms with Gasteiger partial charge in [-0.1, -0.05) is 12.1 Å². The monoisotopic (exact) mass is 386 g/mol. The molecule has 0 spiro atoms. The van der Waals surface area contributed by atoms with Gasteiger partial charge >= 0.3 is 0 Å². The molecule has 0 amide bonds. The van der Waals surface area contributed by atoms with Gasteiger partial charge in [-0.15, -0.1) is 0 Å². The summed E-state index contributed by atoms with van der Waals surface area (Å²) in [6.07, 6.45) is 5.83. The molecule has 0 radical (unpaired) electrons. The number of rotatable bonds is 4. The highest BCUT2D eigenvalue weighted by Crippen LogP contribution is 2.39. The van der Waals surface area contributed by atoms with Gasteiger partial charge in [0.25, 0.3) is 0 Å². The van der Waals surface area contributed by atoms with Crippen molar-refractivity contribution in [3.05, 3.63) is 66.0 Å². The molecule has 2 aromatic heterocycles. The largest absolute Gasteiger partial charge is 0.497 e. The fourth-order valence-corrected chi connectivity index (χ4v) is 4.68. The zero-order valence-corrected chi connectivity index (χ0v) is 17.2. The first-order chi connectivity index (χ1) is 14.2. The highest BCUT2D eigenvalue weighted by molar-refractivity contribution is 5.81. The highest BCUT2D eigenvalue weighted by Gasteiger charge is 2.24. The van der Waals surface area contributed by atoms with Crippen molar-refractivity contribution in [3.63, 3.8) is 0 Å². The Hall–Kier alpha value is -3.14. The first-order valence-corrected chi connectivity index (χ1v) is 10.2. The van der Waals surface area contributed by atoms with E-state index in [1.165, 1.54) is 52.1 Å². The smallest absolute Gasteiger partial charge is 0.121 e. The Morgan fingerprint density at radius 2 is 1.41 bits per heavy atom. The number of hydrogen-bond acceptors (Lipinski definition) is 2. The summed E-state index contributed by atoms with van der Waals surface area (Å²) in [6.45, 7) is 3.29. The van der Waals surface area contributed by atoms with E-state index in [4.69, 9.17) is 9.47 Å². The molecule has 0 atom stereocenters. The normalized spacial score (nSPS) is 13.5. The SMILES string of the molecule is COc1ccc(-c2c3c4n(c(-c5ccc(OC)cc5)cn4c2C)CCCC3)cc1. The van der Waals surface area contributed by atoms with Crippen LogP contribution in [0.3, 0.4) is 0 Å². The summed E-state index contributed by atoms with van der Waals surface area (Å²) in [5, 5.41) is 0. The van der Waals surface area contributed by atoms with Crippen molar-refractivity contribution in [3.8, 4) is 33.9 Å². The molecule has 1 aliphatic heterocycles. The summed E-state index contributed by atoms with van der Waals surface area (Å²) in [6, 6.07) is 16.8. The van der Waals surface area contributed by atoms with Crippen LogP contribution >= 0.6 is 0 Å². The number of hydrogen-bond donors (Lipinski definition) is 0. The van der Waals surface area contributed by atoms with Crippen molar-refractivity contribution < 1.29 is 9.47 Å². The van der Waals surface area contributed by atoms with Gasteiger partial charge in [0.2, 0.25) is 0 Å². The Kier molecular flexibility index (Phi) is 4.35. The van der Waals surface area contributed by atoms with E-state index in [0.717, 1.165) is 24.5 Å². The van der Waals surface area contributed by atoms with Crippen molar-refractivity contribution in [1.82, 2.24) is 8.97 Å². The van der Waals surface area contributed by atoms with Crippen molar-refractivity contribution in [1.29, 1.82) is 0 Å². The molecule has 0 unspecified atom stereocenters. The average molecular weight is 386 g/mol. The second-order valence-electron chi connectivity index (χ2n) is 7.71. The molecule has 4 nitrogen and oxygen atoms in total. The fraction of sp³-hybridized carbons (Fsp3) is 0.280. The molecule has 0 fully saturated rings. The van der Waals surface area contributed by atoms with Crippen molar-refractivity contribution in [2.24, 2.45) is 0 Å². The van der Waals surface area contributed by atoms with Crippen LogP contribution in [0.4, 0.5) is 0 Å². The second kappa shape index (κ2) is 7.03. The van der Waals surface area contributed by atoms with Gasteiger partial charge in [0.15, 0.2) is 0 Å². The summed E-state index contributed by atoms with van der Waals surface area (Å²) < 4.78 is 15.6. The third-order valence-corrected chi connectivity index (χ3v) is 6.14. The standard InChI is InChI=1S/C25H26N2O2/c1-17-24(19-9-13-21(29-3)14-10-19)22-6-4-5-15-26-23(16-27(17)25(22)26)18-7-11-20(28-2)12-8-18/h7-14,16H,4-6,15H2,1-3H3. The van der Waals surface area contributed by atoms with E-state index in [9.17, 15) is 0 Å². The fourth-order valence-electron chi connectivity index (χ4n) is 4.68. The molecule has 29 heavy (non-hydrogen) atoms. The van der Waals surface area contributed by atoms with Gasteiger partial charge in [0.1, 0.15) is 17.1 Å². The van der Waals surface area contributed by atoms with Crippen LogP contribution in [0.25, 0.3) is 28.0 Å². The molecule has 0 bridgehead atoms. The third-order valence-electron chi connectivity index (χ3n) is 6.14. The Labute approximate surface area is 171 Å². The molecule has 4 heteroatoms. The van der Waals surface area contributed by atoms with Crippen LogP contribution in [-0.2, 0) is 13.0 Å². The lowest BCUT2D eigenvalue weighted by molar-refractivity contribution is 0.415. The molecule has 4 aromatic rings. The minimum atomic E-state index is 0.890. The number of benzene rings is 2. The lowest BCUT2D eigenvalue weighted by atomic mass is 9.98. The first-order valence-electron chi connectivity index (χ1n) is 10.2. The highest BCUT2D eigenvalue weighted by atomic mass is 16.5. The number of ether oxygens (including phenoxy) is 2. The van der Waals surface area contributed by atoms with Crippen LogP contribution < -0.4 is 9.47 Å². The zero-order chi connectivity index (χ0) is 20.0. The summed E-state index contributed by atoms with van der Waals surface area (Å²) in [5.41, 5.74) is 9.25. The van der Waals surface area contributed by atoms with E-state index < -0.39 is 0 Å². The number of nitrogens with zero attached hydrogens (tertiary/aromatic N) is 2. The van der Waals surface area contributed by atoms with Crippen molar-refractivity contribution >= 4 is 5.65 Å². The Morgan fingerprint density at radius 1 is 0.793 bits per heavy atom. The van der Waals surface area contributed by atoms with Gasteiger partial charge < -0.3 is 18.4 Å². The number of aryl methyl sites for hydroxylation is 3. The van der Waals surface area contributed by atoms with Crippen LogP contribution in [0.2, 0.25) is 0 Å². The molecule has 0 saturated heterocycles. The van der Waals surface area contributed by atoms with E-state index in [2.05, 4.69) is 58.5 Å². The van der Waals surface area contributed by atoms with Gasteiger partial charge in [-0.05, 0) is 73.7 Å². The molecular weight excluding hydrogens is 360 g/mol. The Morgan fingerprint density at radius 3 is 2.03 bits per heavy atom. The maximum absolute atomic E-state index is 5.35. The van der Waals surface area contributed by atoms with Crippen LogP contribution in [0.5, 0.6) is 11.5 Å². The average Bonchev–Trinajstić information content (AvgIpc) is 3.17. The number of imidazole rings is 1. The van der Waals surface area contributed by atoms with E-state index in [1.54, 1.807) is 14.2 Å². The van der Waals surface area contributed by atoms with E-state index in [-0.39, 0.29) is 0 Å². The van der Waals surface area contributed by atoms with E-state index in [0.29, 0.717) is 0 Å². The quantitative estimate of drug-likeness (QED) is 0.447. The van der Waals surface area contributed by atoms with Gasteiger partial charge in [0, 0.05) is 29.6 Å². The Balaban J connectivity index is 1.71. The predicted molar refractivity (Wildman–Crippen MR) is 117 cm³/mol. The molecule has 2 aromatic carbocycles. The van der Waals surface area contributed by atoms with Crippen LogP contribution in [0.15, 0.2) is 54.7 Å². The number of aromatic nitrogens is 2. The van der Waals surface area contributed by atoms with Crippen molar-refractivity contribution in [2.45, 2.75) is 32.7 Å². The minimum absolute atomic E-state index is 0.890. The zero-order valence-electron chi connectivity index (χ0n) is 17.2. The molecule has 0 N–H and O–H groups in total. The first kappa shape index (κ1) is 17.9. The van der Waals surface area contributed by atoms with Crippen molar-refractivity contribution in [2.75, 3.05) is 14.2 Å². The molecule has 0 saturated carbocycles. The lowest BCUT2D eigenvalue weighted by Gasteiger charge is -2.09. The molecule has 0 aliphatic carbocycles. The molecule has 3 heterocycles. The van der Waals surface area contributed by atoms with Gasteiger partial charge in [-0.2, -0.15) is 0 Å². The van der Waals surface area contributed by atoms with Gasteiger partial charge in [-0.3, -0.25) is 0 Å². The van der Waals surface area contributed by atoms with Gasteiger partial charge in [-0.25, -0.2) is 0 Å². The maximum Gasteiger partial charge on any atom is 0.121 e. The molecule has 1 aliphatic rings. The predicted octanol–water partition coefficient (Wildman–Crippen LogP) is 5.74. The number of methoxy groups -OCH3 is 2. The summed E-state index contributed by atoms with van der Waals surface area (Å²) >= 11 is 0. The van der Waals surface area contributed by atoms with Gasteiger partial charge in [0.05, 0.1) is 19.9 Å². The summed E-state index contributed by atoms with van der Waals surface area (Å²) in [7, 11) is 3.42.